The molecule has 0 saturated heterocycles. The first-order valence-electron chi connectivity index (χ1n) is 7.09. The van der Waals surface area contributed by atoms with Gasteiger partial charge in [0.2, 0.25) is 0 Å². The first kappa shape index (κ1) is 19.8. The quantitative estimate of drug-likeness (QED) is 0.513. The topological polar surface area (TPSA) is 52.6 Å². The van der Waals surface area contributed by atoms with Crippen LogP contribution in [0.25, 0.3) is 0 Å². The molecule has 0 aliphatic heterocycles. The van der Waals surface area contributed by atoms with Crippen molar-refractivity contribution in [3.8, 4) is 0 Å². The van der Waals surface area contributed by atoms with E-state index in [1.165, 1.54) is 0 Å². The molecule has 0 N–H and O–H groups in total. The van der Waals surface area contributed by atoms with Crippen molar-refractivity contribution in [1.82, 2.24) is 0 Å². The van der Waals surface area contributed by atoms with Gasteiger partial charge < -0.3 is 4.43 Å². The fraction of sp³-hybridized carbons (Fsp3) is 0.600. The Kier molecular flexibility index (Phi) is 6.43. The Morgan fingerprint density at radius 3 is 2.32 bits per heavy atom. The van der Waals surface area contributed by atoms with Crippen molar-refractivity contribution >= 4 is 34.4 Å². The first-order chi connectivity index (χ1) is 9.82. The van der Waals surface area contributed by atoms with Crippen LogP contribution in [0.15, 0.2) is 28.7 Å². The summed E-state index contributed by atoms with van der Waals surface area (Å²) in [6.45, 7) is 10.9. The Morgan fingerprint density at radius 1 is 1.27 bits per heavy atom. The largest absolute Gasteiger partial charge is 0.414 e. The molecule has 0 amide bonds. The van der Waals surface area contributed by atoms with E-state index in [4.69, 9.17) is 8.61 Å². The van der Waals surface area contributed by atoms with Gasteiger partial charge in [0.1, 0.15) is 6.10 Å². The van der Waals surface area contributed by atoms with Crippen molar-refractivity contribution in [3.05, 3.63) is 34.3 Å². The van der Waals surface area contributed by atoms with Crippen LogP contribution in [-0.2, 0) is 18.7 Å². The zero-order valence-electron chi connectivity index (χ0n) is 14.0. The summed E-state index contributed by atoms with van der Waals surface area (Å²) in [5.74, 6) is 0. The minimum atomic E-state index is -3.57. The third-order valence-corrected chi connectivity index (χ3v) is 9.49. The Hall–Kier alpha value is -0.213. The van der Waals surface area contributed by atoms with Gasteiger partial charge in [0.25, 0.3) is 10.1 Å². The number of rotatable bonds is 6. The minimum absolute atomic E-state index is 0.0555. The predicted molar refractivity (Wildman–Crippen MR) is 96.0 cm³/mol. The Labute approximate surface area is 143 Å². The third-order valence-electron chi connectivity index (χ3n) is 3.91. The van der Waals surface area contributed by atoms with E-state index in [-0.39, 0.29) is 11.6 Å². The van der Waals surface area contributed by atoms with Crippen LogP contribution in [0.3, 0.4) is 0 Å². The van der Waals surface area contributed by atoms with Crippen LogP contribution in [0.2, 0.25) is 18.1 Å². The Bertz CT molecular complexity index is 608. The van der Waals surface area contributed by atoms with Gasteiger partial charge in [-0.15, -0.1) is 0 Å². The molecule has 0 radical (unpaired) electrons. The van der Waals surface area contributed by atoms with E-state index in [9.17, 15) is 8.42 Å². The predicted octanol–water partition coefficient (Wildman–Crippen LogP) is 4.49. The average molecular weight is 409 g/mol. The highest BCUT2D eigenvalue weighted by atomic mass is 79.9. The zero-order chi connectivity index (χ0) is 17.2. The second kappa shape index (κ2) is 7.13. The lowest BCUT2D eigenvalue weighted by atomic mass is 10.1. The number of hydrogen-bond donors (Lipinski definition) is 0. The Balaban J connectivity index is 2.98. The van der Waals surface area contributed by atoms with Crippen molar-refractivity contribution in [3.63, 3.8) is 0 Å². The molecule has 0 aliphatic rings. The fourth-order valence-electron chi connectivity index (χ4n) is 1.60. The summed E-state index contributed by atoms with van der Waals surface area (Å²) in [6, 6.07) is 7.43. The molecule has 0 bridgehead atoms. The van der Waals surface area contributed by atoms with Gasteiger partial charge in [0.05, 0.1) is 12.9 Å². The highest BCUT2D eigenvalue weighted by molar-refractivity contribution is 9.10. The van der Waals surface area contributed by atoms with Crippen molar-refractivity contribution < 1.29 is 17.0 Å². The SMILES string of the molecule is CC(C)(C)[Si](C)(C)OCC(OS(C)(=O)=O)c1cccc(Br)c1. The molecule has 1 aromatic rings. The summed E-state index contributed by atoms with van der Waals surface area (Å²) in [4.78, 5) is 0. The van der Waals surface area contributed by atoms with E-state index >= 15 is 0 Å². The van der Waals surface area contributed by atoms with Gasteiger partial charge in [-0.2, -0.15) is 8.42 Å². The van der Waals surface area contributed by atoms with Gasteiger partial charge in [0.15, 0.2) is 8.32 Å². The van der Waals surface area contributed by atoms with Crippen LogP contribution in [0.4, 0.5) is 0 Å². The van der Waals surface area contributed by atoms with Gasteiger partial charge in [0, 0.05) is 4.47 Å². The molecule has 0 aromatic heterocycles. The maximum absolute atomic E-state index is 11.5. The van der Waals surface area contributed by atoms with E-state index in [1.54, 1.807) is 0 Å². The van der Waals surface area contributed by atoms with Crippen LogP contribution in [0.1, 0.15) is 32.4 Å². The van der Waals surface area contributed by atoms with E-state index < -0.39 is 24.5 Å². The number of hydrogen-bond acceptors (Lipinski definition) is 4. The molecule has 1 aromatic carbocycles. The molecule has 0 aliphatic carbocycles. The van der Waals surface area contributed by atoms with Crippen LogP contribution in [-0.4, -0.2) is 29.6 Å². The molecule has 0 fully saturated rings. The maximum Gasteiger partial charge on any atom is 0.265 e. The second-order valence-electron chi connectivity index (χ2n) is 6.92. The van der Waals surface area contributed by atoms with Gasteiger partial charge in [-0.3, -0.25) is 4.18 Å². The molecule has 0 saturated carbocycles. The van der Waals surface area contributed by atoms with Crippen molar-refractivity contribution in [2.45, 2.75) is 45.0 Å². The normalized spacial score (nSPS) is 14.9. The van der Waals surface area contributed by atoms with Crippen molar-refractivity contribution in [1.29, 1.82) is 0 Å². The molecule has 0 heterocycles. The average Bonchev–Trinajstić information content (AvgIpc) is 2.31. The first-order valence-corrected chi connectivity index (χ1v) is 12.6. The molecular formula is C15H25BrO4SSi. The van der Waals surface area contributed by atoms with E-state index in [1.807, 2.05) is 24.3 Å². The molecule has 7 heteroatoms. The summed E-state index contributed by atoms with van der Waals surface area (Å²) in [7, 11) is -5.54. The van der Waals surface area contributed by atoms with Gasteiger partial charge in [-0.25, -0.2) is 0 Å². The van der Waals surface area contributed by atoms with Crippen LogP contribution >= 0.6 is 15.9 Å². The monoisotopic (exact) mass is 408 g/mol. The molecule has 0 spiro atoms. The third kappa shape index (κ3) is 6.12. The van der Waals surface area contributed by atoms with E-state index in [0.29, 0.717) is 0 Å². The number of halogens is 1. The fourth-order valence-corrected chi connectivity index (χ4v) is 3.60. The molecule has 1 atom stereocenters. The lowest BCUT2D eigenvalue weighted by Gasteiger charge is -2.37. The summed E-state index contributed by atoms with van der Waals surface area (Å²) < 4.78 is 35.3. The van der Waals surface area contributed by atoms with E-state index in [2.05, 4.69) is 49.8 Å². The summed E-state index contributed by atoms with van der Waals surface area (Å²) >= 11 is 3.40. The van der Waals surface area contributed by atoms with Crippen LogP contribution in [0.5, 0.6) is 0 Å². The highest BCUT2D eigenvalue weighted by Gasteiger charge is 2.38. The van der Waals surface area contributed by atoms with Crippen LogP contribution < -0.4 is 0 Å². The van der Waals surface area contributed by atoms with E-state index in [0.717, 1.165) is 16.3 Å². The summed E-state index contributed by atoms with van der Waals surface area (Å²) in [6.07, 6.45) is 0.422. The maximum atomic E-state index is 11.5. The number of benzene rings is 1. The Morgan fingerprint density at radius 2 is 1.86 bits per heavy atom. The molecule has 126 valence electrons. The zero-order valence-corrected chi connectivity index (χ0v) is 17.4. The molecule has 1 rings (SSSR count). The standard InChI is InChI=1S/C15H25BrO4SSi/c1-15(2,3)22(5,6)19-11-14(20-21(4,17)18)12-8-7-9-13(16)10-12/h7-10,14H,11H2,1-6H3. The van der Waals surface area contributed by atoms with Crippen LogP contribution in [0, 0.1) is 0 Å². The highest BCUT2D eigenvalue weighted by Crippen LogP contribution is 2.37. The van der Waals surface area contributed by atoms with Crippen molar-refractivity contribution in [2.24, 2.45) is 0 Å². The lowest BCUT2D eigenvalue weighted by Crippen LogP contribution is -2.42. The summed E-state index contributed by atoms with van der Waals surface area (Å²) in [5, 5.41) is 0.0555. The van der Waals surface area contributed by atoms with Gasteiger partial charge >= 0.3 is 0 Å². The molecule has 22 heavy (non-hydrogen) atoms. The van der Waals surface area contributed by atoms with Gasteiger partial charge in [-0.05, 0) is 35.8 Å². The molecule has 1 unspecified atom stereocenters. The second-order valence-corrected chi connectivity index (χ2v) is 14.2. The minimum Gasteiger partial charge on any atom is -0.414 e. The van der Waals surface area contributed by atoms with Gasteiger partial charge in [-0.1, -0.05) is 48.8 Å². The lowest BCUT2D eigenvalue weighted by molar-refractivity contribution is 0.127. The smallest absolute Gasteiger partial charge is 0.265 e. The molecule has 4 nitrogen and oxygen atoms in total. The molecular weight excluding hydrogens is 384 g/mol. The van der Waals surface area contributed by atoms with Crippen molar-refractivity contribution in [2.75, 3.05) is 12.9 Å². The summed E-state index contributed by atoms with van der Waals surface area (Å²) in [5.41, 5.74) is 0.776.